The minimum absolute atomic E-state index is 0.117. The zero-order chi connectivity index (χ0) is 22.6. The third-order valence-electron chi connectivity index (χ3n) is 4.86. The average Bonchev–Trinajstić information content (AvgIpc) is 2.72. The van der Waals surface area contributed by atoms with Crippen molar-refractivity contribution in [2.45, 2.75) is 31.2 Å². The number of amides is 1. The molecule has 0 fully saturated rings. The average molecular weight is 613 g/mol. The Morgan fingerprint density at radius 2 is 1.61 bits per heavy atom. The first-order valence-electron chi connectivity index (χ1n) is 9.55. The lowest BCUT2D eigenvalue weighted by atomic mass is 10.1. The summed E-state index contributed by atoms with van der Waals surface area (Å²) in [7, 11) is -3.88. The maximum absolute atomic E-state index is 13.2. The Kier molecular flexibility index (Phi) is 7.90. The van der Waals surface area contributed by atoms with Gasteiger partial charge in [0.05, 0.1) is 10.6 Å². The maximum atomic E-state index is 13.2. The van der Waals surface area contributed by atoms with Crippen LogP contribution in [-0.2, 0) is 21.2 Å². The van der Waals surface area contributed by atoms with E-state index in [1.807, 2.05) is 56.3 Å². The minimum atomic E-state index is -3.88. The molecule has 3 aromatic rings. The van der Waals surface area contributed by atoms with Gasteiger partial charge in [0.2, 0.25) is 15.9 Å². The molecule has 8 heteroatoms. The van der Waals surface area contributed by atoms with Crippen LogP contribution in [0.3, 0.4) is 0 Å². The lowest BCUT2D eigenvalue weighted by Gasteiger charge is -2.20. The zero-order valence-corrected chi connectivity index (χ0v) is 21.6. The van der Waals surface area contributed by atoms with E-state index < -0.39 is 22.0 Å². The highest BCUT2D eigenvalue weighted by Gasteiger charge is 2.26. The number of hydrogen-bond donors (Lipinski definition) is 2. The number of halogens is 2. The molecule has 162 valence electrons. The molecule has 2 N–H and O–H groups in total. The Bertz CT molecular complexity index is 1180. The van der Waals surface area contributed by atoms with Gasteiger partial charge in [0.15, 0.2) is 0 Å². The van der Waals surface area contributed by atoms with Crippen LogP contribution < -0.4 is 10.0 Å². The summed E-state index contributed by atoms with van der Waals surface area (Å²) in [4.78, 5) is 13.3. The molecule has 31 heavy (non-hydrogen) atoms. The van der Waals surface area contributed by atoms with Crippen molar-refractivity contribution in [2.75, 3.05) is 5.32 Å². The van der Waals surface area contributed by atoms with Gasteiger partial charge in [-0.3, -0.25) is 4.79 Å². The van der Waals surface area contributed by atoms with Gasteiger partial charge in [-0.05, 0) is 112 Å². The van der Waals surface area contributed by atoms with E-state index in [1.54, 1.807) is 12.1 Å². The molecule has 1 amide bonds. The molecule has 1 atom stereocenters. The Morgan fingerprint density at radius 1 is 1.00 bits per heavy atom. The molecule has 0 aromatic heterocycles. The lowest BCUT2D eigenvalue weighted by Crippen LogP contribution is -2.45. The summed E-state index contributed by atoms with van der Waals surface area (Å²) < 4.78 is 30.2. The number of sulfonamides is 1. The number of carbonyl (C=O) groups is 1. The van der Waals surface area contributed by atoms with Crippen molar-refractivity contribution in [3.05, 3.63) is 91.5 Å². The van der Waals surface area contributed by atoms with Crippen molar-refractivity contribution < 1.29 is 13.2 Å². The fraction of sp³-hybridized carbons (Fsp3) is 0.174. The van der Waals surface area contributed by atoms with Crippen LogP contribution in [0.2, 0.25) is 0 Å². The molecule has 0 saturated carbocycles. The van der Waals surface area contributed by atoms with Crippen molar-refractivity contribution >= 4 is 60.1 Å². The van der Waals surface area contributed by atoms with Gasteiger partial charge < -0.3 is 5.32 Å². The minimum Gasteiger partial charge on any atom is -0.324 e. The topological polar surface area (TPSA) is 75.3 Å². The summed E-state index contributed by atoms with van der Waals surface area (Å²) in [5.74, 6) is -0.429. The lowest BCUT2D eigenvalue weighted by molar-refractivity contribution is -0.117. The Labute approximate surface area is 205 Å². The first-order chi connectivity index (χ1) is 14.7. The molecule has 0 saturated heterocycles. The standard InChI is InChI=1S/C23H22BrIN2O3S/c1-15-12-20(24)21(13-16(15)2)26-23(28)22(14-17-6-4-3-5-7-17)27-31(29,30)19-10-8-18(25)9-11-19/h3-13,22,27H,14H2,1-2H3,(H,26,28)/t22-/m1/s1. The van der Waals surface area contributed by atoms with Crippen LogP contribution in [0, 0.1) is 17.4 Å². The molecule has 0 aliphatic rings. The predicted octanol–water partition coefficient (Wildman–Crippen LogP) is 5.20. The number of rotatable bonds is 7. The van der Waals surface area contributed by atoms with Crippen molar-refractivity contribution in [3.63, 3.8) is 0 Å². The van der Waals surface area contributed by atoms with E-state index in [2.05, 4.69) is 48.6 Å². The molecule has 0 unspecified atom stereocenters. The van der Waals surface area contributed by atoms with E-state index in [9.17, 15) is 13.2 Å². The normalized spacial score (nSPS) is 12.4. The second-order valence-corrected chi connectivity index (χ2v) is 11.0. The summed E-state index contributed by atoms with van der Waals surface area (Å²) in [6, 6.07) is 18.6. The highest BCUT2D eigenvalue weighted by Crippen LogP contribution is 2.26. The SMILES string of the molecule is Cc1cc(Br)c(NC(=O)[C@@H](Cc2ccccc2)NS(=O)(=O)c2ccc(I)cc2)cc1C. The van der Waals surface area contributed by atoms with Gasteiger partial charge in [-0.15, -0.1) is 0 Å². The number of anilines is 1. The molecular weight excluding hydrogens is 591 g/mol. The van der Waals surface area contributed by atoms with Crippen molar-refractivity contribution in [1.29, 1.82) is 0 Å². The smallest absolute Gasteiger partial charge is 0.242 e. The van der Waals surface area contributed by atoms with E-state index >= 15 is 0 Å². The van der Waals surface area contributed by atoms with Crippen LogP contribution in [0.4, 0.5) is 5.69 Å². The molecule has 3 rings (SSSR count). The van der Waals surface area contributed by atoms with Crippen LogP contribution in [-0.4, -0.2) is 20.4 Å². The molecule has 0 aliphatic carbocycles. The van der Waals surface area contributed by atoms with Crippen molar-refractivity contribution in [1.82, 2.24) is 4.72 Å². The summed E-state index contributed by atoms with van der Waals surface area (Å²) >= 11 is 5.59. The molecule has 0 aliphatic heterocycles. The van der Waals surface area contributed by atoms with Crippen LogP contribution >= 0.6 is 38.5 Å². The molecule has 0 radical (unpaired) electrons. The van der Waals surface area contributed by atoms with Crippen molar-refractivity contribution in [3.8, 4) is 0 Å². The molecule has 0 bridgehead atoms. The van der Waals surface area contributed by atoms with Gasteiger partial charge in [-0.25, -0.2) is 8.42 Å². The number of nitrogens with one attached hydrogen (secondary N) is 2. The first kappa shape index (κ1) is 23.9. The fourth-order valence-corrected chi connectivity index (χ4v) is 5.12. The molecule has 0 heterocycles. The summed E-state index contributed by atoms with van der Waals surface area (Å²) in [5.41, 5.74) is 3.56. The van der Waals surface area contributed by atoms with Gasteiger partial charge in [0.1, 0.15) is 6.04 Å². The third kappa shape index (κ3) is 6.38. The monoisotopic (exact) mass is 612 g/mol. The number of aryl methyl sites for hydroxylation is 2. The zero-order valence-electron chi connectivity index (χ0n) is 17.0. The van der Waals surface area contributed by atoms with E-state index in [0.29, 0.717) is 5.69 Å². The summed E-state index contributed by atoms with van der Waals surface area (Å²) in [5, 5.41) is 2.87. The molecule has 0 spiro atoms. The van der Waals surface area contributed by atoms with E-state index in [0.717, 1.165) is 24.7 Å². The number of benzene rings is 3. The van der Waals surface area contributed by atoms with E-state index in [-0.39, 0.29) is 11.3 Å². The summed E-state index contributed by atoms with van der Waals surface area (Å²) in [6.45, 7) is 3.94. The second kappa shape index (κ2) is 10.2. The van der Waals surface area contributed by atoms with Crippen molar-refractivity contribution in [2.24, 2.45) is 0 Å². The quantitative estimate of drug-likeness (QED) is 0.360. The highest BCUT2D eigenvalue weighted by molar-refractivity contribution is 14.1. The number of carbonyl (C=O) groups excluding carboxylic acids is 1. The Hall–Kier alpha value is -1.75. The Balaban J connectivity index is 1.89. The van der Waals surface area contributed by atoms with Gasteiger partial charge in [0, 0.05) is 8.04 Å². The van der Waals surface area contributed by atoms with Crippen LogP contribution in [0.25, 0.3) is 0 Å². The molecule has 3 aromatic carbocycles. The van der Waals surface area contributed by atoms with Gasteiger partial charge in [-0.2, -0.15) is 4.72 Å². The molecular formula is C23H22BrIN2O3S. The number of hydrogen-bond acceptors (Lipinski definition) is 3. The van der Waals surface area contributed by atoms with Crippen LogP contribution in [0.5, 0.6) is 0 Å². The first-order valence-corrected chi connectivity index (χ1v) is 12.9. The van der Waals surface area contributed by atoms with E-state index in [1.165, 1.54) is 12.1 Å². The Morgan fingerprint density at radius 3 is 2.26 bits per heavy atom. The van der Waals surface area contributed by atoms with Crippen LogP contribution in [0.15, 0.2) is 76.1 Å². The van der Waals surface area contributed by atoms with Gasteiger partial charge in [-0.1, -0.05) is 30.3 Å². The van der Waals surface area contributed by atoms with Gasteiger partial charge >= 0.3 is 0 Å². The maximum Gasteiger partial charge on any atom is 0.242 e. The molecule has 5 nitrogen and oxygen atoms in total. The third-order valence-corrected chi connectivity index (χ3v) is 7.72. The fourth-order valence-electron chi connectivity index (χ4n) is 3.00. The van der Waals surface area contributed by atoms with Crippen LogP contribution in [0.1, 0.15) is 16.7 Å². The van der Waals surface area contributed by atoms with Gasteiger partial charge in [0.25, 0.3) is 0 Å². The second-order valence-electron chi connectivity index (χ2n) is 7.22. The largest absolute Gasteiger partial charge is 0.324 e. The highest BCUT2D eigenvalue weighted by atomic mass is 127. The van der Waals surface area contributed by atoms with E-state index in [4.69, 9.17) is 0 Å². The predicted molar refractivity (Wildman–Crippen MR) is 136 cm³/mol. The summed E-state index contributed by atoms with van der Waals surface area (Å²) in [6.07, 6.45) is 0.221.